The number of aromatic nitrogens is 4. The van der Waals surface area contributed by atoms with Gasteiger partial charge >= 0.3 is 0 Å². The predicted octanol–water partition coefficient (Wildman–Crippen LogP) is 2.57. The summed E-state index contributed by atoms with van der Waals surface area (Å²) in [5.41, 5.74) is 4.14. The highest BCUT2D eigenvalue weighted by Gasteiger charge is 2.14. The van der Waals surface area contributed by atoms with Crippen molar-refractivity contribution in [3.8, 4) is 0 Å². The first-order chi connectivity index (χ1) is 13.3. The molecule has 0 radical (unpaired) electrons. The Morgan fingerprint density at radius 3 is 2.64 bits per heavy atom. The van der Waals surface area contributed by atoms with E-state index in [4.69, 9.17) is 0 Å². The van der Waals surface area contributed by atoms with E-state index in [-0.39, 0.29) is 17.5 Å². The van der Waals surface area contributed by atoms with Crippen LogP contribution in [0.5, 0.6) is 0 Å². The number of amides is 1. The maximum absolute atomic E-state index is 12.2. The van der Waals surface area contributed by atoms with Gasteiger partial charge in [-0.25, -0.2) is 9.67 Å². The Hall–Kier alpha value is -3.00. The first-order valence-electron chi connectivity index (χ1n) is 9.31. The van der Waals surface area contributed by atoms with Gasteiger partial charge in [-0.2, -0.15) is 5.10 Å². The minimum absolute atomic E-state index is 0.0727. The minimum Gasteiger partial charge on any atom is -0.326 e. The first kappa shape index (κ1) is 19.8. The molecular formula is C20H26N6O2. The van der Waals surface area contributed by atoms with Crippen LogP contribution in [0.4, 0.5) is 5.82 Å². The number of aryl methyl sites for hydroxylation is 2. The minimum atomic E-state index is -0.178. The number of aromatic amines is 1. The number of anilines is 1. The molecule has 0 saturated heterocycles. The standard InChI is InChI=1S/C20H26N6O2/c1-11(2)26-19-17(10-22-26)15(7-18(25-19)24-14(5)27)8-21-9-16-12(3)6-13(4)23-20(16)28/h6-7,10-11,21H,8-9H2,1-5H3,(H,23,28)(H,24,25,27). The van der Waals surface area contributed by atoms with Crippen molar-refractivity contribution >= 4 is 22.8 Å². The van der Waals surface area contributed by atoms with Crippen molar-refractivity contribution in [2.75, 3.05) is 5.32 Å². The summed E-state index contributed by atoms with van der Waals surface area (Å²) in [6.45, 7) is 10.3. The van der Waals surface area contributed by atoms with Gasteiger partial charge in [0.25, 0.3) is 5.56 Å². The fourth-order valence-corrected chi connectivity index (χ4v) is 3.27. The summed E-state index contributed by atoms with van der Waals surface area (Å²) < 4.78 is 1.83. The second-order valence-electron chi connectivity index (χ2n) is 7.31. The van der Waals surface area contributed by atoms with E-state index >= 15 is 0 Å². The van der Waals surface area contributed by atoms with E-state index < -0.39 is 0 Å². The molecule has 0 aliphatic heterocycles. The number of fused-ring (bicyclic) bond motifs is 1. The van der Waals surface area contributed by atoms with E-state index in [1.165, 1.54) is 6.92 Å². The fourth-order valence-electron chi connectivity index (χ4n) is 3.27. The molecule has 0 spiro atoms. The molecule has 8 heteroatoms. The average molecular weight is 382 g/mol. The number of hydrogen-bond donors (Lipinski definition) is 3. The van der Waals surface area contributed by atoms with Crippen LogP contribution in [0.15, 0.2) is 23.1 Å². The summed E-state index contributed by atoms with van der Waals surface area (Å²) in [6.07, 6.45) is 1.79. The molecule has 3 aromatic rings. The predicted molar refractivity (Wildman–Crippen MR) is 109 cm³/mol. The van der Waals surface area contributed by atoms with E-state index in [1.807, 2.05) is 44.5 Å². The summed E-state index contributed by atoms with van der Waals surface area (Å²) in [4.78, 5) is 31.1. The van der Waals surface area contributed by atoms with Crippen LogP contribution in [-0.2, 0) is 17.9 Å². The molecular weight excluding hydrogens is 356 g/mol. The number of H-pyrrole nitrogens is 1. The molecule has 148 valence electrons. The summed E-state index contributed by atoms with van der Waals surface area (Å²) in [5, 5.41) is 11.4. The van der Waals surface area contributed by atoms with Gasteiger partial charge in [-0.1, -0.05) is 0 Å². The van der Waals surface area contributed by atoms with Crippen LogP contribution in [0.1, 0.15) is 49.2 Å². The molecule has 8 nitrogen and oxygen atoms in total. The van der Waals surface area contributed by atoms with Crippen molar-refractivity contribution in [2.24, 2.45) is 0 Å². The van der Waals surface area contributed by atoms with Gasteiger partial charge in [0.15, 0.2) is 5.65 Å². The molecule has 0 bridgehead atoms. The van der Waals surface area contributed by atoms with E-state index in [0.717, 1.165) is 33.4 Å². The Labute approximate surface area is 163 Å². The van der Waals surface area contributed by atoms with Crippen molar-refractivity contribution in [3.05, 3.63) is 51.1 Å². The lowest BCUT2D eigenvalue weighted by Crippen LogP contribution is -2.23. The average Bonchev–Trinajstić information content (AvgIpc) is 3.00. The van der Waals surface area contributed by atoms with Crippen LogP contribution in [0.25, 0.3) is 11.0 Å². The molecule has 3 heterocycles. The van der Waals surface area contributed by atoms with Gasteiger partial charge in [-0.3, -0.25) is 9.59 Å². The molecule has 0 unspecified atom stereocenters. The number of hydrogen-bond acceptors (Lipinski definition) is 5. The molecule has 3 aromatic heterocycles. The van der Waals surface area contributed by atoms with E-state index in [9.17, 15) is 9.59 Å². The van der Waals surface area contributed by atoms with Crippen molar-refractivity contribution in [1.82, 2.24) is 25.1 Å². The van der Waals surface area contributed by atoms with Crippen molar-refractivity contribution in [1.29, 1.82) is 0 Å². The molecule has 3 rings (SSSR count). The van der Waals surface area contributed by atoms with Gasteiger partial charge in [-0.15, -0.1) is 0 Å². The lowest BCUT2D eigenvalue weighted by molar-refractivity contribution is -0.114. The molecule has 3 N–H and O–H groups in total. The SMILES string of the molecule is CC(=O)Nc1cc(CNCc2c(C)cc(C)[nH]c2=O)c2cnn(C(C)C)c2n1. The molecule has 0 atom stereocenters. The number of carbonyl (C=O) groups excluding carboxylic acids is 1. The van der Waals surface area contributed by atoms with Crippen LogP contribution >= 0.6 is 0 Å². The highest BCUT2D eigenvalue weighted by molar-refractivity contribution is 5.90. The largest absolute Gasteiger partial charge is 0.326 e. The van der Waals surface area contributed by atoms with Gasteiger partial charge < -0.3 is 15.6 Å². The Kier molecular flexibility index (Phi) is 5.60. The summed E-state index contributed by atoms with van der Waals surface area (Å²) >= 11 is 0. The maximum atomic E-state index is 12.2. The highest BCUT2D eigenvalue weighted by Crippen LogP contribution is 2.23. The van der Waals surface area contributed by atoms with E-state index in [1.54, 1.807) is 6.20 Å². The zero-order valence-electron chi connectivity index (χ0n) is 16.9. The van der Waals surface area contributed by atoms with Crippen molar-refractivity contribution in [2.45, 2.75) is 53.8 Å². The first-order valence-corrected chi connectivity index (χ1v) is 9.31. The third-order valence-corrected chi connectivity index (χ3v) is 4.56. The zero-order valence-corrected chi connectivity index (χ0v) is 16.9. The van der Waals surface area contributed by atoms with Gasteiger partial charge in [0.1, 0.15) is 5.82 Å². The fraction of sp³-hybridized carbons (Fsp3) is 0.400. The van der Waals surface area contributed by atoms with Crippen molar-refractivity contribution in [3.63, 3.8) is 0 Å². The molecule has 0 fully saturated rings. The van der Waals surface area contributed by atoms with Crippen LogP contribution in [0, 0.1) is 13.8 Å². The van der Waals surface area contributed by atoms with Gasteiger partial charge in [0.2, 0.25) is 5.91 Å². The lowest BCUT2D eigenvalue weighted by Gasteiger charge is -2.12. The van der Waals surface area contributed by atoms with Gasteiger partial charge in [0.05, 0.1) is 6.20 Å². The topological polar surface area (TPSA) is 105 Å². The Morgan fingerprint density at radius 2 is 2.00 bits per heavy atom. The second kappa shape index (κ2) is 7.93. The number of nitrogens with one attached hydrogen (secondary N) is 3. The number of nitrogens with zero attached hydrogens (tertiary/aromatic N) is 3. The smallest absolute Gasteiger partial charge is 0.252 e. The number of rotatable bonds is 6. The van der Waals surface area contributed by atoms with E-state index in [0.29, 0.717) is 18.9 Å². The molecule has 0 aromatic carbocycles. The normalized spacial score (nSPS) is 11.4. The van der Waals surface area contributed by atoms with Gasteiger partial charge in [-0.05, 0) is 51.0 Å². The molecule has 1 amide bonds. The second-order valence-corrected chi connectivity index (χ2v) is 7.31. The van der Waals surface area contributed by atoms with E-state index in [2.05, 4.69) is 25.7 Å². The van der Waals surface area contributed by atoms with Crippen LogP contribution in [0.2, 0.25) is 0 Å². The molecule has 0 aliphatic carbocycles. The quantitative estimate of drug-likeness (QED) is 0.608. The molecule has 28 heavy (non-hydrogen) atoms. The maximum Gasteiger partial charge on any atom is 0.252 e. The lowest BCUT2D eigenvalue weighted by atomic mass is 10.1. The Bertz CT molecular complexity index is 1080. The summed E-state index contributed by atoms with van der Waals surface area (Å²) in [5.74, 6) is 0.312. The monoisotopic (exact) mass is 382 g/mol. The summed E-state index contributed by atoms with van der Waals surface area (Å²) in [6, 6.07) is 3.95. The van der Waals surface area contributed by atoms with Gasteiger partial charge in [0, 0.05) is 42.7 Å². The highest BCUT2D eigenvalue weighted by atomic mass is 16.1. The zero-order chi connectivity index (χ0) is 20.4. The van der Waals surface area contributed by atoms with Crippen molar-refractivity contribution < 1.29 is 4.79 Å². The third kappa shape index (κ3) is 4.12. The Morgan fingerprint density at radius 1 is 1.25 bits per heavy atom. The number of pyridine rings is 2. The molecule has 0 aliphatic rings. The van der Waals surface area contributed by atoms with Crippen LogP contribution in [-0.4, -0.2) is 25.7 Å². The number of carbonyl (C=O) groups is 1. The summed E-state index contributed by atoms with van der Waals surface area (Å²) in [7, 11) is 0. The Balaban J connectivity index is 1.89. The molecule has 0 saturated carbocycles. The van der Waals surface area contributed by atoms with Crippen LogP contribution < -0.4 is 16.2 Å². The van der Waals surface area contributed by atoms with Crippen LogP contribution in [0.3, 0.4) is 0 Å². The third-order valence-electron chi connectivity index (χ3n) is 4.56.